The second-order valence-electron chi connectivity index (χ2n) is 6.38. The van der Waals surface area contributed by atoms with Crippen molar-refractivity contribution in [1.82, 2.24) is 4.98 Å². The monoisotopic (exact) mass is 379 g/mol. The molecular formula is C21H21N3O2S. The van der Waals surface area contributed by atoms with Gasteiger partial charge in [-0.1, -0.05) is 24.3 Å². The van der Waals surface area contributed by atoms with Crippen LogP contribution in [0, 0.1) is 13.8 Å². The van der Waals surface area contributed by atoms with Gasteiger partial charge in [-0.2, -0.15) is 0 Å². The Morgan fingerprint density at radius 2 is 1.85 bits per heavy atom. The Bertz CT molecular complexity index is 995. The minimum absolute atomic E-state index is 0.0902. The Balaban J connectivity index is 1.70. The summed E-state index contributed by atoms with van der Waals surface area (Å²) in [5.41, 5.74) is 5.40. The number of thiazole rings is 1. The van der Waals surface area contributed by atoms with Crippen molar-refractivity contribution in [2.24, 2.45) is 0 Å². The van der Waals surface area contributed by atoms with Gasteiger partial charge < -0.3 is 10.6 Å². The number of aromatic nitrogens is 1. The normalized spacial score (nSPS) is 10.5. The zero-order valence-electron chi connectivity index (χ0n) is 15.5. The van der Waals surface area contributed by atoms with Gasteiger partial charge in [-0.05, 0) is 43.2 Å². The van der Waals surface area contributed by atoms with E-state index in [2.05, 4.69) is 15.6 Å². The van der Waals surface area contributed by atoms with Crippen molar-refractivity contribution in [2.45, 2.75) is 27.2 Å². The molecule has 27 heavy (non-hydrogen) atoms. The van der Waals surface area contributed by atoms with Gasteiger partial charge in [-0.15, -0.1) is 11.3 Å². The number of anilines is 2. The van der Waals surface area contributed by atoms with Gasteiger partial charge in [0.05, 0.1) is 12.1 Å². The maximum Gasteiger partial charge on any atom is 0.230 e. The lowest BCUT2D eigenvalue weighted by atomic mass is 10.1. The predicted molar refractivity (Wildman–Crippen MR) is 110 cm³/mol. The number of hydrogen-bond donors (Lipinski definition) is 2. The first-order valence-electron chi connectivity index (χ1n) is 8.61. The van der Waals surface area contributed by atoms with E-state index in [1.807, 2.05) is 61.7 Å². The number of nitrogens with zero attached hydrogens (tertiary/aromatic N) is 1. The van der Waals surface area contributed by atoms with E-state index in [0.717, 1.165) is 38.8 Å². The van der Waals surface area contributed by atoms with Gasteiger partial charge in [0.15, 0.2) is 0 Å². The first kappa shape index (κ1) is 18.8. The van der Waals surface area contributed by atoms with Crippen LogP contribution in [0.5, 0.6) is 0 Å². The topological polar surface area (TPSA) is 71.1 Å². The minimum Gasteiger partial charge on any atom is -0.326 e. The highest BCUT2D eigenvalue weighted by Crippen LogP contribution is 2.26. The maximum atomic E-state index is 12.4. The molecule has 0 unspecified atom stereocenters. The number of hydrogen-bond acceptors (Lipinski definition) is 4. The average molecular weight is 379 g/mol. The smallest absolute Gasteiger partial charge is 0.230 e. The van der Waals surface area contributed by atoms with E-state index in [9.17, 15) is 9.59 Å². The molecule has 1 aromatic heterocycles. The lowest BCUT2D eigenvalue weighted by Gasteiger charge is -2.09. The molecule has 2 amide bonds. The summed E-state index contributed by atoms with van der Waals surface area (Å²) in [7, 11) is 0. The summed E-state index contributed by atoms with van der Waals surface area (Å²) < 4.78 is 0. The largest absolute Gasteiger partial charge is 0.326 e. The molecule has 2 aromatic carbocycles. The second-order valence-corrected chi connectivity index (χ2v) is 7.24. The predicted octanol–water partition coefficient (Wildman–Crippen LogP) is 4.57. The number of nitrogens with one attached hydrogen (secondary N) is 2. The van der Waals surface area contributed by atoms with Crippen LogP contribution in [0.2, 0.25) is 0 Å². The third-order valence-electron chi connectivity index (χ3n) is 4.20. The summed E-state index contributed by atoms with van der Waals surface area (Å²) in [5.74, 6) is -0.206. The highest BCUT2D eigenvalue weighted by Gasteiger charge is 2.11. The van der Waals surface area contributed by atoms with Crippen molar-refractivity contribution in [3.05, 3.63) is 64.7 Å². The molecule has 0 bridgehead atoms. The van der Waals surface area contributed by atoms with Crippen LogP contribution < -0.4 is 10.6 Å². The average Bonchev–Trinajstić information content (AvgIpc) is 3.07. The molecule has 0 saturated heterocycles. The van der Waals surface area contributed by atoms with E-state index in [0.29, 0.717) is 0 Å². The fourth-order valence-corrected chi connectivity index (χ4v) is 3.52. The lowest BCUT2D eigenvalue weighted by Crippen LogP contribution is -2.15. The van der Waals surface area contributed by atoms with Crippen LogP contribution in [-0.2, 0) is 16.0 Å². The molecule has 0 fully saturated rings. The Morgan fingerprint density at radius 1 is 1.07 bits per heavy atom. The number of carbonyl (C=O) groups excluding carboxylic acids is 2. The van der Waals surface area contributed by atoms with E-state index in [-0.39, 0.29) is 18.2 Å². The van der Waals surface area contributed by atoms with Crippen LogP contribution in [0.3, 0.4) is 0 Å². The molecule has 3 aromatic rings. The highest BCUT2D eigenvalue weighted by atomic mass is 32.1. The molecule has 3 rings (SSSR count). The third-order valence-corrected chi connectivity index (χ3v) is 5.14. The van der Waals surface area contributed by atoms with E-state index < -0.39 is 0 Å². The van der Waals surface area contributed by atoms with Crippen molar-refractivity contribution in [2.75, 3.05) is 10.6 Å². The van der Waals surface area contributed by atoms with E-state index in [1.165, 1.54) is 18.3 Å². The highest BCUT2D eigenvalue weighted by molar-refractivity contribution is 7.13. The molecule has 0 aliphatic carbocycles. The van der Waals surface area contributed by atoms with Gasteiger partial charge in [-0.3, -0.25) is 9.59 Å². The van der Waals surface area contributed by atoms with Gasteiger partial charge in [-0.25, -0.2) is 4.98 Å². The van der Waals surface area contributed by atoms with E-state index >= 15 is 0 Å². The fourth-order valence-electron chi connectivity index (χ4n) is 2.70. The van der Waals surface area contributed by atoms with E-state index in [1.54, 1.807) is 0 Å². The summed E-state index contributed by atoms with van der Waals surface area (Å²) in [6.45, 7) is 5.49. The molecule has 6 heteroatoms. The Hall–Kier alpha value is -2.99. The van der Waals surface area contributed by atoms with Crippen LogP contribution in [0.4, 0.5) is 11.4 Å². The Kier molecular flexibility index (Phi) is 5.66. The summed E-state index contributed by atoms with van der Waals surface area (Å²) in [4.78, 5) is 28.2. The van der Waals surface area contributed by atoms with E-state index in [4.69, 9.17) is 0 Å². The summed E-state index contributed by atoms with van der Waals surface area (Å²) in [6, 6.07) is 13.4. The minimum atomic E-state index is -0.116. The van der Waals surface area contributed by atoms with Crippen molar-refractivity contribution in [3.63, 3.8) is 0 Å². The van der Waals surface area contributed by atoms with Crippen LogP contribution in [-0.4, -0.2) is 16.8 Å². The summed E-state index contributed by atoms with van der Waals surface area (Å²) in [5, 5.41) is 8.43. The Labute approximate surface area is 162 Å². The molecule has 2 N–H and O–H groups in total. The number of rotatable bonds is 5. The van der Waals surface area contributed by atoms with Crippen LogP contribution >= 0.6 is 11.3 Å². The summed E-state index contributed by atoms with van der Waals surface area (Å²) in [6.07, 6.45) is 0.218. The molecule has 5 nitrogen and oxygen atoms in total. The zero-order chi connectivity index (χ0) is 19.4. The number of carbonyl (C=O) groups is 2. The third kappa shape index (κ3) is 4.80. The first-order chi connectivity index (χ1) is 12.9. The quantitative estimate of drug-likeness (QED) is 0.682. The summed E-state index contributed by atoms with van der Waals surface area (Å²) >= 11 is 1.48. The number of aryl methyl sites for hydroxylation is 1. The molecule has 1 heterocycles. The molecule has 0 aliphatic rings. The second kappa shape index (κ2) is 8.14. The molecule has 0 atom stereocenters. The van der Waals surface area contributed by atoms with Crippen molar-refractivity contribution in [3.8, 4) is 10.6 Å². The van der Waals surface area contributed by atoms with Crippen LogP contribution in [0.25, 0.3) is 10.6 Å². The first-order valence-corrected chi connectivity index (χ1v) is 9.49. The standard InChI is InChI=1S/C21H21N3O2S/c1-13-6-4-9-19(14(13)2)24-20(26)11-18-12-27-21(23-18)16-7-5-8-17(10-16)22-15(3)25/h4-10,12H,11H2,1-3H3,(H,22,25)(H,24,26). The lowest BCUT2D eigenvalue weighted by molar-refractivity contribution is -0.116. The molecule has 0 aliphatic heterocycles. The Morgan fingerprint density at radius 3 is 2.63 bits per heavy atom. The molecular weight excluding hydrogens is 358 g/mol. The van der Waals surface area contributed by atoms with Crippen LogP contribution in [0.15, 0.2) is 47.8 Å². The van der Waals surface area contributed by atoms with Gasteiger partial charge in [0.1, 0.15) is 5.01 Å². The zero-order valence-corrected chi connectivity index (χ0v) is 16.3. The number of benzene rings is 2. The van der Waals surface area contributed by atoms with Gasteiger partial charge in [0.25, 0.3) is 0 Å². The maximum absolute atomic E-state index is 12.4. The molecule has 0 radical (unpaired) electrons. The van der Waals surface area contributed by atoms with Crippen LogP contribution in [0.1, 0.15) is 23.7 Å². The van der Waals surface area contributed by atoms with Gasteiger partial charge in [0, 0.05) is 29.2 Å². The SMILES string of the molecule is CC(=O)Nc1cccc(-c2nc(CC(=O)Nc3cccc(C)c3C)cs2)c1. The molecule has 0 saturated carbocycles. The number of amides is 2. The fraction of sp³-hybridized carbons (Fsp3) is 0.190. The van der Waals surface area contributed by atoms with Gasteiger partial charge >= 0.3 is 0 Å². The molecule has 0 spiro atoms. The van der Waals surface area contributed by atoms with Crippen molar-refractivity contribution >= 4 is 34.5 Å². The van der Waals surface area contributed by atoms with Gasteiger partial charge in [0.2, 0.25) is 11.8 Å². The van der Waals surface area contributed by atoms with Crippen molar-refractivity contribution < 1.29 is 9.59 Å². The van der Waals surface area contributed by atoms with Crippen molar-refractivity contribution in [1.29, 1.82) is 0 Å². The molecule has 138 valence electrons.